The number of aromatic nitrogens is 5. The fourth-order valence-electron chi connectivity index (χ4n) is 3.52. The minimum absolute atomic E-state index is 0.0214. The van der Waals surface area contributed by atoms with Crippen molar-refractivity contribution in [1.82, 2.24) is 29.6 Å². The van der Waals surface area contributed by atoms with Gasteiger partial charge in [-0.15, -0.1) is 0 Å². The zero-order valence-corrected chi connectivity index (χ0v) is 16.5. The molecule has 1 atom stereocenters. The van der Waals surface area contributed by atoms with Gasteiger partial charge in [0.15, 0.2) is 0 Å². The van der Waals surface area contributed by atoms with Crippen LogP contribution in [0.3, 0.4) is 0 Å². The highest BCUT2D eigenvalue weighted by molar-refractivity contribution is 5.92. The van der Waals surface area contributed by atoms with E-state index in [0.29, 0.717) is 18.2 Å². The molecule has 1 aliphatic heterocycles. The lowest BCUT2D eigenvalue weighted by molar-refractivity contribution is -0.126. The summed E-state index contributed by atoms with van der Waals surface area (Å²) in [5.41, 5.74) is 1.74. The first-order chi connectivity index (χ1) is 14.1. The summed E-state index contributed by atoms with van der Waals surface area (Å²) >= 11 is 0. The fraction of sp³-hybridized carbons (Fsp3) is 0.286. The monoisotopic (exact) mass is 389 g/mol. The van der Waals surface area contributed by atoms with E-state index in [9.17, 15) is 4.79 Å². The van der Waals surface area contributed by atoms with Crippen LogP contribution in [0.15, 0.2) is 48.9 Å². The number of carbonyl (C=O) groups excluding carboxylic acids is 1. The van der Waals surface area contributed by atoms with Crippen LogP contribution in [0.25, 0.3) is 6.08 Å². The fourth-order valence-corrected chi connectivity index (χ4v) is 3.52. The topological polar surface area (TPSA) is 88.8 Å². The van der Waals surface area contributed by atoms with E-state index in [1.165, 1.54) is 0 Å². The number of amides is 1. The molecule has 0 saturated carbocycles. The van der Waals surface area contributed by atoms with Gasteiger partial charge in [0, 0.05) is 43.7 Å². The molecular formula is C21H23N7O. The van der Waals surface area contributed by atoms with E-state index < -0.39 is 0 Å². The van der Waals surface area contributed by atoms with Crippen molar-refractivity contribution in [3.63, 3.8) is 0 Å². The summed E-state index contributed by atoms with van der Waals surface area (Å²) in [7, 11) is 1.85. The molecule has 4 heterocycles. The van der Waals surface area contributed by atoms with Crippen LogP contribution in [-0.2, 0) is 11.8 Å². The Balaban J connectivity index is 1.53. The molecule has 0 radical (unpaired) electrons. The summed E-state index contributed by atoms with van der Waals surface area (Å²) in [4.78, 5) is 28.0. The van der Waals surface area contributed by atoms with E-state index in [0.717, 1.165) is 29.9 Å². The molecule has 3 aromatic rings. The molecule has 8 nitrogen and oxygen atoms in total. The first kappa shape index (κ1) is 18.8. The molecule has 3 aromatic heterocycles. The van der Waals surface area contributed by atoms with Gasteiger partial charge in [-0.3, -0.25) is 9.48 Å². The Bertz CT molecular complexity index is 1030. The number of hydrogen-bond acceptors (Lipinski definition) is 6. The number of rotatable bonds is 5. The smallest absolute Gasteiger partial charge is 0.247 e. The molecular weight excluding hydrogens is 366 g/mol. The van der Waals surface area contributed by atoms with Gasteiger partial charge in [-0.1, -0.05) is 6.07 Å². The number of nitrogens with one attached hydrogen (secondary N) is 1. The first-order valence-electron chi connectivity index (χ1n) is 9.59. The SMILES string of the molecule is Cc1nc(Nc2ccccn2)cc(C2CCCN2C(=O)C=Cc2cnn(C)c2)n1. The lowest BCUT2D eigenvalue weighted by atomic mass is 10.1. The molecule has 0 spiro atoms. The van der Waals surface area contributed by atoms with Crippen molar-refractivity contribution < 1.29 is 4.79 Å². The third-order valence-corrected chi connectivity index (χ3v) is 4.80. The van der Waals surface area contributed by atoms with Crippen molar-refractivity contribution in [2.75, 3.05) is 11.9 Å². The molecule has 0 bridgehead atoms. The van der Waals surface area contributed by atoms with Gasteiger partial charge in [0.25, 0.3) is 0 Å². The highest BCUT2D eigenvalue weighted by Gasteiger charge is 2.30. The average Bonchev–Trinajstić information content (AvgIpc) is 3.35. The lowest BCUT2D eigenvalue weighted by Gasteiger charge is -2.23. The summed E-state index contributed by atoms with van der Waals surface area (Å²) in [5.74, 6) is 2.03. The van der Waals surface area contributed by atoms with E-state index in [4.69, 9.17) is 0 Å². The van der Waals surface area contributed by atoms with Gasteiger partial charge in [-0.05, 0) is 38.0 Å². The summed E-state index contributed by atoms with van der Waals surface area (Å²) in [6, 6.07) is 7.50. The van der Waals surface area contributed by atoms with Crippen molar-refractivity contribution in [2.45, 2.75) is 25.8 Å². The number of pyridine rings is 1. The van der Waals surface area contributed by atoms with E-state index >= 15 is 0 Å². The van der Waals surface area contributed by atoms with Crippen LogP contribution in [0.2, 0.25) is 0 Å². The van der Waals surface area contributed by atoms with Crippen LogP contribution in [0.4, 0.5) is 11.6 Å². The molecule has 0 aliphatic carbocycles. The van der Waals surface area contributed by atoms with Crippen molar-refractivity contribution in [1.29, 1.82) is 0 Å². The predicted octanol–water partition coefficient (Wildman–Crippen LogP) is 3.03. The third kappa shape index (κ3) is 4.48. The Morgan fingerprint density at radius 2 is 2.17 bits per heavy atom. The maximum absolute atomic E-state index is 12.8. The maximum Gasteiger partial charge on any atom is 0.247 e. The van der Waals surface area contributed by atoms with Crippen molar-refractivity contribution in [3.8, 4) is 0 Å². The quantitative estimate of drug-likeness (QED) is 0.675. The number of aryl methyl sites for hydroxylation is 2. The van der Waals surface area contributed by atoms with Gasteiger partial charge < -0.3 is 10.2 Å². The molecule has 1 unspecified atom stereocenters. The second-order valence-electron chi connectivity index (χ2n) is 7.04. The Morgan fingerprint density at radius 3 is 2.93 bits per heavy atom. The second kappa shape index (κ2) is 8.22. The van der Waals surface area contributed by atoms with Crippen molar-refractivity contribution in [3.05, 3.63) is 66.0 Å². The van der Waals surface area contributed by atoms with E-state index in [1.807, 2.05) is 49.3 Å². The number of anilines is 2. The van der Waals surface area contributed by atoms with Crippen molar-refractivity contribution in [2.24, 2.45) is 7.05 Å². The van der Waals surface area contributed by atoms with Gasteiger partial charge in [-0.25, -0.2) is 15.0 Å². The number of likely N-dealkylation sites (tertiary alicyclic amines) is 1. The summed E-state index contributed by atoms with van der Waals surface area (Å²) in [6.07, 6.45) is 10.6. The molecule has 4 rings (SSSR count). The number of hydrogen-bond donors (Lipinski definition) is 1. The Kier molecular flexibility index (Phi) is 5.33. The Hall–Kier alpha value is -3.55. The predicted molar refractivity (Wildman–Crippen MR) is 110 cm³/mol. The molecule has 1 fully saturated rings. The van der Waals surface area contributed by atoms with Crippen LogP contribution in [0.5, 0.6) is 0 Å². The van der Waals surface area contributed by atoms with Gasteiger partial charge in [0.05, 0.1) is 17.9 Å². The van der Waals surface area contributed by atoms with Crippen LogP contribution in [0, 0.1) is 6.92 Å². The molecule has 1 saturated heterocycles. The minimum Gasteiger partial charge on any atom is -0.331 e. The van der Waals surface area contributed by atoms with Gasteiger partial charge in [0.2, 0.25) is 5.91 Å². The number of carbonyl (C=O) groups is 1. The molecule has 1 aliphatic rings. The largest absolute Gasteiger partial charge is 0.331 e. The normalized spacial score (nSPS) is 16.5. The molecule has 0 aromatic carbocycles. The summed E-state index contributed by atoms with van der Waals surface area (Å²) < 4.78 is 1.71. The van der Waals surface area contributed by atoms with E-state index in [1.54, 1.807) is 29.2 Å². The van der Waals surface area contributed by atoms with Crippen LogP contribution in [-0.4, -0.2) is 42.1 Å². The molecule has 8 heteroatoms. The first-order valence-corrected chi connectivity index (χ1v) is 9.59. The van der Waals surface area contributed by atoms with Crippen LogP contribution < -0.4 is 5.32 Å². The van der Waals surface area contributed by atoms with E-state index in [2.05, 4.69) is 25.4 Å². The average molecular weight is 389 g/mol. The maximum atomic E-state index is 12.8. The number of nitrogens with zero attached hydrogens (tertiary/aromatic N) is 6. The van der Waals surface area contributed by atoms with Crippen LogP contribution in [0.1, 0.15) is 36.0 Å². The molecule has 29 heavy (non-hydrogen) atoms. The highest BCUT2D eigenvalue weighted by atomic mass is 16.2. The Labute approximate surface area is 169 Å². The summed E-state index contributed by atoms with van der Waals surface area (Å²) in [5, 5.41) is 7.33. The molecule has 1 N–H and O–H groups in total. The third-order valence-electron chi connectivity index (χ3n) is 4.80. The standard InChI is InChI=1S/C21H23N7O/c1-15-24-17(12-20(25-15)26-19-7-3-4-10-22-19)18-6-5-11-28(18)21(29)9-8-16-13-23-27(2)14-16/h3-4,7-10,12-14,18H,5-6,11H2,1-2H3,(H,22,24,25,26). The van der Waals surface area contributed by atoms with Crippen molar-refractivity contribution >= 4 is 23.6 Å². The van der Waals surface area contributed by atoms with Gasteiger partial charge in [-0.2, -0.15) is 5.10 Å². The highest BCUT2D eigenvalue weighted by Crippen LogP contribution is 2.32. The minimum atomic E-state index is -0.0629. The zero-order chi connectivity index (χ0) is 20.2. The van der Waals surface area contributed by atoms with E-state index in [-0.39, 0.29) is 11.9 Å². The second-order valence-corrected chi connectivity index (χ2v) is 7.04. The lowest BCUT2D eigenvalue weighted by Crippen LogP contribution is -2.29. The zero-order valence-electron chi connectivity index (χ0n) is 16.5. The Morgan fingerprint density at radius 1 is 1.28 bits per heavy atom. The van der Waals surface area contributed by atoms with Gasteiger partial charge in [0.1, 0.15) is 17.5 Å². The van der Waals surface area contributed by atoms with Gasteiger partial charge >= 0.3 is 0 Å². The van der Waals surface area contributed by atoms with Crippen LogP contribution >= 0.6 is 0 Å². The summed E-state index contributed by atoms with van der Waals surface area (Å²) in [6.45, 7) is 2.57. The molecule has 1 amide bonds. The molecule has 148 valence electrons.